The minimum Gasteiger partial charge on any atom is -0.493 e. The van der Waals surface area contributed by atoms with Crippen LogP contribution in [0.4, 0.5) is 0 Å². The first-order valence-electron chi connectivity index (χ1n) is 11.5. The summed E-state index contributed by atoms with van der Waals surface area (Å²) in [4.78, 5) is 31.2. The van der Waals surface area contributed by atoms with E-state index in [1.165, 1.54) is 0 Å². The zero-order valence-electron chi connectivity index (χ0n) is 19.7. The molecule has 0 fully saturated rings. The second-order valence-corrected chi connectivity index (χ2v) is 8.84. The molecule has 3 aromatic carbocycles. The molecular weight excluding hydrogens is 428 g/mol. The van der Waals surface area contributed by atoms with Crippen LogP contribution in [0.25, 0.3) is 0 Å². The van der Waals surface area contributed by atoms with E-state index in [1.54, 1.807) is 19.1 Å². The minimum absolute atomic E-state index is 0.0126. The van der Waals surface area contributed by atoms with Crippen molar-refractivity contribution in [1.29, 1.82) is 0 Å². The molecule has 5 rings (SSSR count). The maximum atomic E-state index is 14.0. The fraction of sp³-hybridized carbons (Fsp3) is 0.286. The van der Waals surface area contributed by atoms with Crippen molar-refractivity contribution in [1.82, 2.24) is 9.80 Å². The normalized spacial score (nSPS) is 18.4. The quantitative estimate of drug-likeness (QED) is 0.578. The predicted octanol–water partition coefficient (Wildman–Crippen LogP) is 4.20. The second kappa shape index (κ2) is 8.86. The molecule has 2 heterocycles. The lowest BCUT2D eigenvalue weighted by Gasteiger charge is -2.46. The number of amides is 2. The van der Waals surface area contributed by atoms with E-state index in [4.69, 9.17) is 9.47 Å². The number of nitrogens with zero attached hydrogens (tertiary/aromatic N) is 2. The van der Waals surface area contributed by atoms with Gasteiger partial charge < -0.3 is 19.3 Å². The zero-order valence-corrected chi connectivity index (χ0v) is 19.7. The maximum absolute atomic E-state index is 14.0. The summed E-state index contributed by atoms with van der Waals surface area (Å²) in [6.45, 7) is 1.05. The molecular formula is C28H28N2O4. The number of hydrogen-bond donors (Lipinski definition) is 0. The Morgan fingerprint density at radius 3 is 2.38 bits per heavy atom. The number of rotatable bonds is 5. The summed E-state index contributed by atoms with van der Waals surface area (Å²) in [6.07, 6.45) is 0.695. The maximum Gasteiger partial charge on any atom is 0.254 e. The molecule has 34 heavy (non-hydrogen) atoms. The van der Waals surface area contributed by atoms with Crippen LogP contribution in [0.2, 0.25) is 0 Å². The van der Waals surface area contributed by atoms with E-state index in [9.17, 15) is 9.59 Å². The van der Waals surface area contributed by atoms with Gasteiger partial charge in [0.1, 0.15) is 0 Å². The van der Waals surface area contributed by atoms with E-state index >= 15 is 0 Å². The summed E-state index contributed by atoms with van der Waals surface area (Å²) in [6, 6.07) is 21.0. The smallest absolute Gasteiger partial charge is 0.254 e. The third-order valence-electron chi connectivity index (χ3n) is 6.93. The van der Waals surface area contributed by atoms with Crippen molar-refractivity contribution in [3.05, 3.63) is 94.5 Å². The molecule has 0 saturated heterocycles. The number of ether oxygens (including phenoxy) is 2. The van der Waals surface area contributed by atoms with E-state index in [0.717, 1.165) is 22.3 Å². The van der Waals surface area contributed by atoms with Gasteiger partial charge in [0.25, 0.3) is 5.91 Å². The van der Waals surface area contributed by atoms with Crippen molar-refractivity contribution in [2.24, 2.45) is 0 Å². The molecule has 6 heteroatoms. The molecule has 2 aliphatic heterocycles. The summed E-state index contributed by atoms with van der Waals surface area (Å²) in [5, 5.41) is 0. The molecule has 0 saturated carbocycles. The van der Waals surface area contributed by atoms with Gasteiger partial charge in [-0.05, 0) is 46.9 Å². The molecule has 2 amide bonds. The number of likely N-dealkylation sites (N-methyl/N-ethyl adjacent to an activating group) is 1. The van der Waals surface area contributed by atoms with Crippen LogP contribution >= 0.6 is 0 Å². The van der Waals surface area contributed by atoms with Crippen LogP contribution in [0.5, 0.6) is 11.5 Å². The molecule has 3 aromatic rings. The van der Waals surface area contributed by atoms with Crippen molar-refractivity contribution in [2.45, 2.75) is 24.9 Å². The average Bonchev–Trinajstić information content (AvgIpc) is 2.88. The molecule has 0 unspecified atom stereocenters. The summed E-state index contributed by atoms with van der Waals surface area (Å²) >= 11 is 0. The van der Waals surface area contributed by atoms with Gasteiger partial charge in [-0.3, -0.25) is 9.59 Å². The Balaban J connectivity index is 1.63. The van der Waals surface area contributed by atoms with Gasteiger partial charge in [-0.1, -0.05) is 48.5 Å². The van der Waals surface area contributed by atoms with E-state index in [2.05, 4.69) is 0 Å². The van der Waals surface area contributed by atoms with E-state index in [1.807, 2.05) is 78.7 Å². The summed E-state index contributed by atoms with van der Waals surface area (Å²) < 4.78 is 11.1. The van der Waals surface area contributed by atoms with Crippen molar-refractivity contribution < 1.29 is 19.1 Å². The van der Waals surface area contributed by atoms with Crippen molar-refractivity contribution in [3.63, 3.8) is 0 Å². The van der Waals surface area contributed by atoms with Gasteiger partial charge >= 0.3 is 0 Å². The average molecular weight is 457 g/mol. The molecule has 0 spiro atoms. The highest BCUT2D eigenvalue weighted by atomic mass is 16.5. The van der Waals surface area contributed by atoms with Gasteiger partial charge in [0.05, 0.1) is 26.2 Å². The van der Waals surface area contributed by atoms with Crippen LogP contribution in [0.15, 0.2) is 66.7 Å². The molecule has 174 valence electrons. The number of hydrogen-bond acceptors (Lipinski definition) is 4. The van der Waals surface area contributed by atoms with Crippen molar-refractivity contribution >= 4 is 11.8 Å². The lowest BCUT2D eigenvalue weighted by Crippen LogP contribution is -2.50. The van der Waals surface area contributed by atoms with Gasteiger partial charge in [0.2, 0.25) is 5.91 Å². The molecule has 0 radical (unpaired) electrons. The Kier molecular flexibility index (Phi) is 5.74. The highest BCUT2D eigenvalue weighted by Crippen LogP contribution is 2.48. The fourth-order valence-electron chi connectivity index (χ4n) is 5.29. The van der Waals surface area contributed by atoms with Gasteiger partial charge in [-0.15, -0.1) is 0 Å². The SMILES string of the molecule is COc1cc2c(cc1OC)[C@H]1[C@@H](C(=O)N(C)Cc3ccccc3)c3ccccc3C(=O)N1CC2. The lowest BCUT2D eigenvalue weighted by molar-refractivity contribution is -0.134. The Bertz CT molecular complexity index is 1240. The Morgan fingerprint density at radius 2 is 1.65 bits per heavy atom. The van der Waals surface area contributed by atoms with E-state index < -0.39 is 12.0 Å². The number of methoxy groups -OCH3 is 2. The largest absolute Gasteiger partial charge is 0.493 e. The molecule has 2 aliphatic rings. The number of carbonyl (C=O) groups excluding carboxylic acids is 2. The topological polar surface area (TPSA) is 59.1 Å². The first kappa shape index (κ1) is 22.0. The highest BCUT2D eigenvalue weighted by Gasteiger charge is 2.47. The Labute approximate surface area is 199 Å². The molecule has 0 bridgehead atoms. The standard InChI is InChI=1S/C28H28N2O4/c1-29(17-18-9-5-4-6-10-18)28(32)25-20-11-7-8-12-21(20)27(31)30-14-13-19-15-23(33-2)24(34-3)16-22(19)26(25)30/h4-12,15-16,25-26H,13-14,17H2,1-3H3/t25-,26-/m0/s1. The number of benzene rings is 3. The highest BCUT2D eigenvalue weighted by molar-refractivity contribution is 6.01. The number of fused-ring (bicyclic) bond motifs is 4. The van der Waals surface area contributed by atoms with Gasteiger partial charge in [0.15, 0.2) is 11.5 Å². The molecule has 2 atom stereocenters. The van der Waals surface area contributed by atoms with Gasteiger partial charge in [-0.2, -0.15) is 0 Å². The zero-order chi connectivity index (χ0) is 23.8. The van der Waals surface area contributed by atoms with Crippen LogP contribution in [-0.4, -0.2) is 49.4 Å². The van der Waals surface area contributed by atoms with Crippen molar-refractivity contribution in [3.8, 4) is 11.5 Å². The summed E-state index contributed by atoms with van der Waals surface area (Å²) in [5.41, 5.74) is 4.47. The molecule has 0 aliphatic carbocycles. The molecule has 6 nitrogen and oxygen atoms in total. The lowest BCUT2D eigenvalue weighted by atomic mass is 9.75. The van der Waals surface area contributed by atoms with Crippen LogP contribution in [0.3, 0.4) is 0 Å². The van der Waals surface area contributed by atoms with Crippen LogP contribution in [0.1, 0.15) is 44.6 Å². The van der Waals surface area contributed by atoms with Gasteiger partial charge in [0, 0.05) is 25.7 Å². The third kappa shape index (κ3) is 3.59. The fourth-order valence-corrected chi connectivity index (χ4v) is 5.29. The van der Waals surface area contributed by atoms with E-state index in [0.29, 0.717) is 36.6 Å². The predicted molar refractivity (Wildman–Crippen MR) is 129 cm³/mol. The summed E-state index contributed by atoms with van der Waals surface area (Å²) in [5.74, 6) is 0.691. The first-order valence-corrected chi connectivity index (χ1v) is 11.5. The van der Waals surface area contributed by atoms with Gasteiger partial charge in [-0.25, -0.2) is 0 Å². The van der Waals surface area contributed by atoms with Crippen LogP contribution in [0, 0.1) is 0 Å². The third-order valence-corrected chi connectivity index (χ3v) is 6.93. The van der Waals surface area contributed by atoms with E-state index in [-0.39, 0.29) is 11.8 Å². The number of carbonyl (C=O) groups is 2. The van der Waals surface area contributed by atoms with Crippen LogP contribution < -0.4 is 9.47 Å². The monoisotopic (exact) mass is 456 g/mol. The summed E-state index contributed by atoms with van der Waals surface area (Å²) in [7, 11) is 5.05. The second-order valence-electron chi connectivity index (χ2n) is 8.84. The Morgan fingerprint density at radius 1 is 0.971 bits per heavy atom. The molecule has 0 aromatic heterocycles. The Hall–Kier alpha value is -3.80. The first-order chi connectivity index (χ1) is 16.5. The van der Waals surface area contributed by atoms with Crippen molar-refractivity contribution in [2.75, 3.05) is 27.8 Å². The minimum atomic E-state index is -0.514. The van der Waals surface area contributed by atoms with Crippen LogP contribution in [-0.2, 0) is 17.8 Å². The molecule has 0 N–H and O–H groups in total.